The highest BCUT2D eigenvalue weighted by Gasteiger charge is 2.25. The molecular formula is C26H31NO6S. The molecule has 0 unspecified atom stereocenters. The molecule has 0 bridgehead atoms. The second-order valence-electron chi connectivity index (χ2n) is 8.60. The van der Waals surface area contributed by atoms with E-state index in [0.717, 1.165) is 11.1 Å². The van der Waals surface area contributed by atoms with E-state index in [4.69, 9.17) is 9.15 Å². The minimum Gasteiger partial charge on any atom is -0.457 e. The van der Waals surface area contributed by atoms with Crippen LogP contribution < -0.4 is 5.63 Å². The van der Waals surface area contributed by atoms with Crippen LogP contribution in [0.1, 0.15) is 66.2 Å². The Balaban J connectivity index is 1.94. The van der Waals surface area contributed by atoms with Gasteiger partial charge < -0.3 is 9.15 Å². The Bertz CT molecular complexity index is 1380. The molecule has 1 aromatic heterocycles. The molecule has 2 aromatic carbocycles. The molecule has 0 fully saturated rings. The number of ether oxygens (including phenoxy) is 1. The van der Waals surface area contributed by atoms with E-state index in [1.165, 1.54) is 22.5 Å². The van der Waals surface area contributed by atoms with Gasteiger partial charge in [-0.15, -0.1) is 0 Å². The average Bonchev–Trinajstić information content (AvgIpc) is 2.77. The Hall–Kier alpha value is -2.97. The lowest BCUT2D eigenvalue weighted by Crippen LogP contribution is -2.31. The second kappa shape index (κ2) is 10.1. The van der Waals surface area contributed by atoms with E-state index in [9.17, 15) is 18.0 Å². The Morgan fingerprint density at radius 1 is 1.03 bits per heavy atom. The second-order valence-corrected chi connectivity index (χ2v) is 10.5. The topological polar surface area (TPSA) is 93.9 Å². The molecule has 0 amide bonds. The highest BCUT2D eigenvalue weighted by Crippen LogP contribution is 2.27. The van der Waals surface area contributed by atoms with Gasteiger partial charge in [-0.2, -0.15) is 4.31 Å². The molecule has 0 spiro atoms. The smallest absolute Gasteiger partial charge is 0.338 e. The fourth-order valence-corrected chi connectivity index (χ4v) is 5.78. The zero-order valence-corrected chi connectivity index (χ0v) is 21.3. The zero-order valence-electron chi connectivity index (χ0n) is 20.5. The number of carbonyl (C=O) groups excluding carboxylic acids is 1. The first kappa shape index (κ1) is 25.6. The molecule has 0 aliphatic heterocycles. The molecule has 182 valence electrons. The molecule has 0 aliphatic rings. The maximum Gasteiger partial charge on any atom is 0.338 e. The lowest BCUT2D eigenvalue weighted by Gasteiger charge is -2.20. The Morgan fingerprint density at radius 2 is 1.71 bits per heavy atom. The fraction of sp³-hybridized carbons (Fsp3) is 0.385. The van der Waals surface area contributed by atoms with Crippen LogP contribution in [0.5, 0.6) is 0 Å². The number of rotatable bonds is 8. The molecular weight excluding hydrogens is 454 g/mol. The first-order valence-corrected chi connectivity index (χ1v) is 12.8. The zero-order chi connectivity index (χ0) is 25.2. The molecule has 7 nitrogen and oxygen atoms in total. The van der Waals surface area contributed by atoms with Crippen molar-refractivity contribution >= 4 is 27.0 Å². The van der Waals surface area contributed by atoms with Gasteiger partial charge >= 0.3 is 11.6 Å². The summed E-state index contributed by atoms with van der Waals surface area (Å²) < 4.78 is 38.2. The van der Waals surface area contributed by atoms with Crippen molar-refractivity contribution in [2.45, 2.75) is 59.0 Å². The summed E-state index contributed by atoms with van der Waals surface area (Å²) in [6.45, 7) is 11.8. The Kier molecular flexibility index (Phi) is 7.63. The summed E-state index contributed by atoms with van der Waals surface area (Å²) in [5.41, 5.74) is 3.24. The molecule has 8 heteroatoms. The largest absolute Gasteiger partial charge is 0.457 e. The van der Waals surface area contributed by atoms with Gasteiger partial charge in [-0.3, -0.25) is 0 Å². The molecule has 0 saturated carbocycles. The van der Waals surface area contributed by atoms with Crippen LogP contribution in [0.25, 0.3) is 11.0 Å². The van der Waals surface area contributed by atoms with Gasteiger partial charge in [-0.05, 0) is 60.7 Å². The molecule has 0 aliphatic carbocycles. The number of carbonyl (C=O) groups is 1. The standard InChI is InChI=1S/C26H31NO6S/c1-7-27(8-2)34(30,31)24-12-19(10-9-17(24)5)26(29)32-15-20-13-25(28)33-23-11-18(6)21(16(3)4)14-22(20)23/h9-14,16H,7-8,15H2,1-6H3. The van der Waals surface area contributed by atoms with E-state index < -0.39 is 21.6 Å². The SMILES string of the molecule is CCN(CC)S(=O)(=O)c1cc(C(=O)OCc2cc(=O)oc3cc(C)c(C(C)C)cc23)ccc1C. The minimum absolute atomic E-state index is 0.0773. The maximum atomic E-state index is 13.0. The van der Waals surface area contributed by atoms with Gasteiger partial charge in [0.15, 0.2) is 0 Å². The first-order valence-electron chi connectivity index (χ1n) is 11.3. The number of aryl methyl sites for hydroxylation is 2. The van der Waals surface area contributed by atoms with Crippen molar-refractivity contribution in [3.05, 3.63) is 74.6 Å². The maximum absolute atomic E-state index is 13.0. The number of nitrogens with zero attached hydrogens (tertiary/aromatic N) is 1. The van der Waals surface area contributed by atoms with E-state index in [2.05, 4.69) is 13.8 Å². The summed E-state index contributed by atoms with van der Waals surface area (Å²) >= 11 is 0. The third-order valence-corrected chi connectivity index (χ3v) is 8.14. The van der Waals surface area contributed by atoms with Gasteiger partial charge in [-0.25, -0.2) is 18.0 Å². The van der Waals surface area contributed by atoms with E-state index in [0.29, 0.717) is 35.2 Å². The van der Waals surface area contributed by atoms with Gasteiger partial charge in [-0.1, -0.05) is 33.8 Å². The average molecular weight is 486 g/mol. The molecule has 0 saturated heterocycles. The van der Waals surface area contributed by atoms with E-state index in [-0.39, 0.29) is 23.0 Å². The summed E-state index contributed by atoms with van der Waals surface area (Å²) in [5.74, 6) is -0.404. The highest BCUT2D eigenvalue weighted by molar-refractivity contribution is 7.89. The van der Waals surface area contributed by atoms with Gasteiger partial charge in [0.05, 0.1) is 10.5 Å². The number of fused-ring (bicyclic) bond motifs is 1. The van der Waals surface area contributed by atoms with Crippen molar-refractivity contribution in [2.75, 3.05) is 13.1 Å². The number of benzene rings is 2. The lowest BCUT2D eigenvalue weighted by molar-refractivity contribution is 0.0473. The van der Waals surface area contributed by atoms with Crippen LogP contribution in [0, 0.1) is 13.8 Å². The van der Waals surface area contributed by atoms with Crippen molar-refractivity contribution in [2.24, 2.45) is 0 Å². The molecule has 1 heterocycles. The van der Waals surface area contributed by atoms with Crippen molar-refractivity contribution < 1.29 is 22.4 Å². The summed E-state index contributed by atoms with van der Waals surface area (Å²) in [5, 5.41) is 0.704. The summed E-state index contributed by atoms with van der Waals surface area (Å²) in [4.78, 5) is 25.0. The van der Waals surface area contributed by atoms with Gasteiger partial charge in [0.2, 0.25) is 10.0 Å². The van der Waals surface area contributed by atoms with Gasteiger partial charge in [0, 0.05) is 30.1 Å². The van der Waals surface area contributed by atoms with Gasteiger partial charge in [0.1, 0.15) is 12.2 Å². The predicted molar refractivity (Wildman–Crippen MR) is 132 cm³/mol. The number of hydrogen-bond acceptors (Lipinski definition) is 6. The quantitative estimate of drug-likeness (QED) is 0.332. The number of esters is 1. The third-order valence-electron chi connectivity index (χ3n) is 5.94. The summed E-state index contributed by atoms with van der Waals surface area (Å²) in [7, 11) is -3.73. The summed E-state index contributed by atoms with van der Waals surface area (Å²) in [6.07, 6.45) is 0. The van der Waals surface area contributed by atoms with Crippen molar-refractivity contribution in [1.82, 2.24) is 4.31 Å². The van der Waals surface area contributed by atoms with Crippen LogP contribution in [-0.4, -0.2) is 31.8 Å². The molecule has 0 N–H and O–H groups in total. The predicted octanol–water partition coefficient (Wildman–Crippen LogP) is 4.92. The van der Waals surface area contributed by atoms with Crippen LogP contribution in [0.3, 0.4) is 0 Å². The minimum atomic E-state index is -3.73. The molecule has 0 radical (unpaired) electrons. The fourth-order valence-electron chi connectivity index (χ4n) is 4.07. The summed E-state index contributed by atoms with van der Waals surface area (Å²) in [6, 6.07) is 9.58. The van der Waals surface area contributed by atoms with E-state index in [1.807, 2.05) is 19.1 Å². The van der Waals surface area contributed by atoms with Crippen molar-refractivity contribution in [1.29, 1.82) is 0 Å². The lowest BCUT2D eigenvalue weighted by atomic mass is 9.95. The van der Waals surface area contributed by atoms with Crippen LogP contribution in [0.2, 0.25) is 0 Å². The molecule has 34 heavy (non-hydrogen) atoms. The van der Waals surface area contributed by atoms with Gasteiger partial charge in [0.25, 0.3) is 0 Å². The normalized spacial score (nSPS) is 12.0. The molecule has 0 atom stereocenters. The monoisotopic (exact) mass is 485 g/mol. The van der Waals surface area contributed by atoms with E-state index >= 15 is 0 Å². The molecule has 3 rings (SSSR count). The van der Waals surface area contributed by atoms with E-state index in [1.54, 1.807) is 26.8 Å². The Morgan fingerprint density at radius 3 is 2.32 bits per heavy atom. The van der Waals surface area contributed by atoms with Crippen LogP contribution in [0.4, 0.5) is 0 Å². The highest BCUT2D eigenvalue weighted by atomic mass is 32.2. The Labute approximate surface area is 200 Å². The number of sulfonamides is 1. The van der Waals surface area contributed by atoms with Crippen LogP contribution >= 0.6 is 0 Å². The van der Waals surface area contributed by atoms with Crippen molar-refractivity contribution in [3.63, 3.8) is 0 Å². The van der Waals surface area contributed by atoms with Crippen LogP contribution in [-0.2, 0) is 21.4 Å². The third kappa shape index (κ3) is 5.08. The first-order chi connectivity index (χ1) is 16.0. The number of hydrogen-bond donors (Lipinski definition) is 0. The molecule has 3 aromatic rings. The van der Waals surface area contributed by atoms with Crippen molar-refractivity contribution in [3.8, 4) is 0 Å². The van der Waals surface area contributed by atoms with Crippen LogP contribution in [0.15, 0.2) is 50.5 Å².